The van der Waals surface area contributed by atoms with E-state index in [1.165, 1.54) is 19.3 Å². The second-order valence-electron chi connectivity index (χ2n) is 4.96. The first-order valence-corrected chi connectivity index (χ1v) is 8.10. The van der Waals surface area contributed by atoms with Gasteiger partial charge in [-0.2, -0.15) is 0 Å². The summed E-state index contributed by atoms with van der Waals surface area (Å²) < 4.78 is 6.43. The van der Waals surface area contributed by atoms with Gasteiger partial charge in [-0.05, 0) is 36.6 Å². The molecule has 1 atom stereocenters. The number of halogens is 1. The molecule has 0 saturated carbocycles. The van der Waals surface area contributed by atoms with Crippen LogP contribution in [0.4, 0.5) is 0 Å². The zero-order valence-electron chi connectivity index (χ0n) is 12.3. The lowest BCUT2D eigenvalue weighted by Crippen LogP contribution is -2.33. The maximum atomic E-state index is 11.7. The first-order chi connectivity index (χ1) is 9.65. The molecular formula is C16H24BrNO2. The van der Waals surface area contributed by atoms with Crippen molar-refractivity contribution < 1.29 is 9.53 Å². The van der Waals surface area contributed by atoms with Gasteiger partial charge in [0.2, 0.25) is 0 Å². The van der Waals surface area contributed by atoms with Gasteiger partial charge in [-0.1, -0.05) is 49.0 Å². The lowest BCUT2D eigenvalue weighted by Gasteiger charge is -2.15. The monoisotopic (exact) mass is 341 g/mol. The topological polar surface area (TPSA) is 38.3 Å². The van der Waals surface area contributed by atoms with E-state index in [4.69, 9.17) is 4.74 Å². The Bertz CT molecular complexity index is 392. The number of nitrogens with one attached hydrogen (secondary N) is 1. The molecule has 0 spiro atoms. The molecule has 1 aromatic carbocycles. The number of hydrogen-bond acceptors (Lipinski definition) is 2. The fourth-order valence-electron chi connectivity index (χ4n) is 1.93. The van der Waals surface area contributed by atoms with E-state index in [0.717, 1.165) is 17.4 Å². The molecule has 0 heterocycles. The number of hydrogen-bond donors (Lipinski definition) is 1. The van der Waals surface area contributed by atoms with Crippen LogP contribution in [-0.4, -0.2) is 19.1 Å². The van der Waals surface area contributed by atoms with Crippen LogP contribution < -0.4 is 10.1 Å². The molecule has 0 aliphatic heterocycles. The number of amides is 1. The predicted molar refractivity (Wildman–Crippen MR) is 86.0 cm³/mol. The maximum Gasteiger partial charge on any atom is 0.257 e. The quantitative estimate of drug-likeness (QED) is 0.732. The third kappa shape index (κ3) is 6.94. The summed E-state index contributed by atoms with van der Waals surface area (Å²) in [6.45, 7) is 5.19. The highest BCUT2D eigenvalue weighted by Gasteiger charge is 2.08. The van der Waals surface area contributed by atoms with Crippen LogP contribution in [0.25, 0.3) is 0 Å². The Morgan fingerprint density at radius 2 is 2.00 bits per heavy atom. The van der Waals surface area contributed by atoms with Gasteiger partial charge in [0.1, 0.15) is 5.75 Å². The summed E-state index contributed by atoms with van der Waals surface area (Å²) in [4.78, 5) is 11.7. The van der Waals surface area contributed by atoms with Crippen molar-refractivity contribution in [2.75, 3.05) is 13.2 Å². The third-order valence-corrected chi connectivity index (χ3v) is 3.84. The van der Waals surface area contributed by atoms with E-state index in [9.17, 15) is 4.79 Å². The van der Waals surface area contributed by atoms with Crippen molar-refractivity contribution in [2.45, 2.75) is 39.5 Å². The molecule has 0 aromatic heterocycles. The zero-order valence-corrected chi connectivity index (χ0v) is 13.9. The third-order valence-electron chi connectivity index (χ3n) is 3.31. The fourth-order valence-corrected chi connectivity index (χ4v) is 2.20. The van der Waals surface area contributed by atoms with E-state index < -0.39 is 0 Å². The number of carbonyl (C=O) groups is 1. The van der Waals surface area contributed by atoms with Crippen LogP contribution in [0, 0.1) is 5.92 Å². The summed E-state index contributed by atoms with van der Waals surface area (Å²) in [5.41, 5.74) is 0. The highest BCUT2D eigenvalue weighted by atomic mass is 79.9. The zero-order chi connectivity index (χ0) is 14.8. The lowest BCUT2D eigenvalue weighted by molar-refractivity contribution is -0.123. The molecule has 1 aromatic rings. The first kappa shape index (κ1) is 17.0. The standard InChI is InChI=1S/C16H24BrNO2/c1-3-5-6-13(4-2)11-18-16(19)12-20-15-9-7-14(17)8-10-15/h7-10,13H,3-6,11-12H2,1-2H3,(H,18,19)/t13-/m0/s1. The summed E-state index contributed by atoms with van der Waals surface area (Å²) in [6.07, 6.45) is 4.72. The van der Waals surface area contributed by atoms with Crippen molar-refractivity contribution in [1.82, 2.24) is 5.32 Å². The summed E-state index contributed by atoms with van der Waals surface area (Å²) in [5, 5.41) is 2.95. The molecule has 3 nitrogen and oxygen atoms in total. The van der Waals surface area contributed by atoms with Gasteiger partial charge in [-0.3, -0.25) is 4.79 Å². The lowest BCUT2D eigenvalue weighted by atomic mass is 9.99. The Labute approximate surface area is 130 Å². The smallest absolute Gasteiger partial charge is 0.257 e. The highest BCUT2D eigenvalue weighted by Crippen LogP contribution is 2.16. The van der Waals surface area contributed by atoms with Crippen LogP contribution in [0.1, 0.15) is 39.5 Å². The molecule has 1 N–H and O–H groups in total. The van der Waals surface area contributed by atoms with E-state index in [2.05, 4.69) is 35.1 Å². The summed E-state index contributed by atoms with van der Waals surface area (Å²) in [6, 6.07) is 7.47. The minimum Gasteiger partial charge on any atom is -0.484 e. The van der Waals surface area contributed by atoms with E-state index in [1.807, 2.05) is 24.3 Å². The van der Waals surface area contributed by atoms with Crippen molar-refractivity contribution in [3.63, 3.8) is 0 Å². The Hall–Kier alpha value is -1.03. The molecule has 112 valence electrons. The van der Waals surface area contributed by atoms with Gasteiger partial charge in [0.05, 0.1) is 0 Å². The summed E-state index contributed by atoms with van der Waals surface area (Å²) >= 11 is 3.36. The molecule has 0 radical (unpaired) electrons. The van der Waals surface area contributed by atoms with Gasteiger partial charge < -0.3 is 10.1 Å². The summed E-state index contributed by atoms with van der Waals surface area (Å²) in [7, 11) is 0. The number of benzene rings is 1. The average Bonchev–Trinajstić information content (AvgIpc) is 2.47. The minimum absolute atomic E-state index is 0.0529. The number of carbonyl (C=O) groups excluding carboxylic acids is 1. The SMILES string of the molecule is CCCC[C@H](CC)CNC(=O)COc1ccc(Br)cc1. The molecule has 0 aliphatic rings. The van der Waals surface area contributed by atoms with Crippen molar-refractivity contribution in [3.8, 4) is 5.75 Å². The van der Waals surface area contributed by atoms with E-state index in [1.54, 1.807) is 0 Å². The van der Waals surface area contributed by atoms with Gasteiger partial charge in [0.15, 0.2) is 6.61 Å². The second kappa shape index (κ2) is 9.81. The van der Waals surface area contributed by atoms with E-state index in [0.29, 0.717) is 11.7 Å². The van der Waals surface area contributed by atoms with Crippen LogP contribution in [0.3, 0.4) is 0 Å². The molecule has 0 unspecified atom stereocenters. The number of ether oxygens (including phenoxy) is 1. The van der Waals surface area contributed by atoms with Crippen molar-refractivity contribution in [2.24, 2.45) is 5.92 Å². The summed E-state index contributed by atoms with van der Waals surface area (Å²) in [5.74, 6) is 1.23. The number of rotatable bonds is 9. The molecule has 0 saturated heterocycles. The normalized spacial score (nSPS) is 11.9. The van der Waals surface area contributed by atoms with Gasteiger partial charge in [0.25, 0.3) is 5.91 Å². The van der Waals surface area contributed by atoms with Gasteiger partial charge in [0, 0.05) is 11.0 Å². The molecular weight excluding hydrogens is 318 g/mol. The van der Waals surface area contributed by atoms with Gasteiger partial charge >= 0.3 is 0 Å². The maximum absolute atomic E-state index is 11.7. The minimum atomic E-state index is -0.0529. The van der Waals surface area contributed by atoms with Crippen LogP contribution >= 0.6 is 15.9 Å². The molecule has 4 heteroatoms. The Kier molecular flexibility index (Phi) is 8.35. The fraction of sp³-hybridized carbons (Fsp3) is 0.562. The molecule has 1 rings (SSSR count). The first-order valence-electron chi connectivity index (χ1n) is 7.30. The van der Waals surface area contributed by atoms with Crippen molar-refractivity contribution in [3.05, 3.63) is 28.7 Å². The van der Waals surface area contributed by atoms with E-state index in [-0.39, 0.29) is 12.5 Å². The molecule has 1 amide bonds. The molecule has 20 heavy (non-hydrogen) atoms. The van der Waals surface area contributed by atoms with Crippen LogP contribution in [0.5, 0.6) is 5.75 Å². The van der Waals surface area contributed by atoms with Crippen molar-refractivity contribution in [1.29, 1.82) is 0 Å². The van der Waals surface area contributed by atoms with Crippen LogP contribution in [0.2, 0.25) is 0 Å². The Morgan fingerprint density at radius 3 is 2.60 bits per heavy atom. The Morgan fingerprint density at radius 1 is 1.30 bits per heavy atom. The molecule has 0 fully saturated rings. The molecule has 0 bridgehead atoms. The van der Waals surface area contributed by atoms with Crippen molar-refractivity contribution >= 4 is 21.8 Å². The van der Waals surface area contributed by atoms with Gasteiger partial charge in [-0.25, -0.2) is 0 Å². The van der Waals surface area contributed by atoms with E-state index >= 15 is 0 Å². The highest BCUT2D eigenvalue weighted by molar-refractivity contribution is 9.10. The van der Waals surface area contributed by atoms with Gasteiger partial charge in [-0.15, -0.1) is 0 Å². The largest absolute Gasteiger partial charge is 0.484 e. The predicted octanol–water partition coefficient (Wildman–Crippen LogP) is 4.16. The van der Waals surface area contributed by atoms with Crippen LogP contribution in [-0.2, 0) is 4.79 Å². The second-order valence-corrected chi connectivity index (χ2v) is 5.88. The Balaban J connectivity index is 2.24. The number of unbranched alkanes of at least 4 members (excludes halogenated alkanes) is 1. The average molecular weight is 342 g/mol. The van der Waals surface area contributed by atoms with Crippen LogP contribution in [0.15, 0.2) is 28.7 Å². The molecule has 0 aliphatic carbocycles.